The van der Waals surface area contributed by atoms with Gasteiger partial charge in [0.05, 0.1) is 27.9 Å². The molecule has 2 aromatic carbocycles. The molecule has 2 aliphatic rings. The van der Waals surface area contributed by atoms with Crippen molar-refractivity contribution in [3.63, 3.8) is 0 Å². The molecule has 1 amide bonds. The number of ether oxygens (including phenoxy) is 2. The van der Waals surface area contributed by atoms with E-state index < -0.39 is 0 Å². The minimum absolute atomic E-state index is 0.0296. The number of hydrogen-bond donors (Lipinski definition) is 1. The number of methoxy groups -OCH3 is 1. The topological polar surface area (TPSA) is 83.7 Å². The van der Waals surface area contributed by atoms with E-state index in [-0.39, 0.29) is 18.6 Å². The van der Waals surface area contributed by atoms with E-state index in [0.717, 1.165) is 63.8 Å². The van der Waals surface area contributed by atoms with Gasteiger partial charge in [0.1, 0.15) is 11.6 Å². The molecule has 1 saturated carbocycles. The summed E-state index contributed by atoms with van der Waals surface area (Å²) in [6.07, 6.45) is 11.8. The smallest absolute Gasteiger partial charge is 0.254 e. The van der Waals surface area contributed by atoms with E-state index in [4.69, 9.17) is 14.5 Å². The molecule has 5 rings (SSSR count). The van der Waals surface area contributed by atoms with E-state index in [1.54, 1.807) is 24.5 Å². The van der Waals surface area contributed by atoms with Crippen molar-refractivity contribution in [3.05, 3.63) is 72.7 Å². The molecule has 8 heteroatoms. The number of carbonyl (C=O) groups excluding carboxylic acids is 1. The fraction of sp³-hybridized carbons (Fsp3) is 0.387. The monoisotopic (exact) mass is 653 g/mol. The molecule has 1 heterocycles. The Balaban J connectivity index is 1.39. The summed E-state index contributed by atoms with van der Waals surface area (Å²) in [6, 6.07) is 13.8. The maximum atomic E-state index is 13.5. The third-order valence-electron chi connectivity index (χ3n) is 7.41. The summed E-state index contributed by atoms with van der Waals surface area (Å²) in [7, 11) is 1.61. The van der Waals surface area contributed by atoms with Gasteiger partial charge in [-0.2, -0.15) is 5.26 Å². The third kappa shape index (κ3) is 6.47. The van der Waals surface area contributed by atoms with Crippen molar-refractivity contribution < 1.29 is 14.3 Å². The Hall–Kier alpha value is -2.90. The summed E-state index contributed by atoms with van der Waals surface area (Å²) >= 11 is 3.89. The van der Waals surface area contributed by atoms with Crippen molar-refractivity contribution >= 4 is 51.1 Å². The van der Waals surface area contributed by atoms with Crippen LogP contribution in [0.5, 0.6) is 11.5 Å². The van der Waals surface area contributed by atoms with E-state index in [2.05, 4.69) is 34.0 Å². The fourth-order valence-corrected chi connectivity index (χ4v) is 7.39. The summed E-state index contributed by atoms with van der Waals surface area (Å²) in [5.74, 6) is 1.25. The summed E-state index contributed by atoms with van der Waals surface area (Å²) < 4.78 is 12.6. The predicted octanol–water partition coefficient (Wildman–Crippen LogP) is 7.50. The Morgan fingerprint density at radius 1 is 1.18 bits per heavy atom. The average Bonchev–Trinajstić information content (AvgIpc) is 3.34. The number of amides is 1. The SMILES string of the molecule is COc1cc(C=Nc2sc3c(c2C(=O)NC2CCCCC2)CCCC3)cc(I)c1OCc1ccccc1C#N. The number of nitrogens with one attached hydrogen (secondary N) is 1. The maximum Gasteiger partial charge on any atom is 0.254 e. The zero-order valence-corrected chi connectivity index (χ0v) is 25.1. The molecule has 202 valence electrons. The van der Waals surface area contributed by atoms with Gasteiger partial charge in [-0.15, -0.1) is 11.3 Å². The van der Waals surface area contributed by atoms with Crippen molar-refractivity contribution in [1.82, 2.24) is 5.32 Å². The number of fused-ring (bicyclic) bond motifs is 1. The summed E-state index contributed by atoms with van der Waals surface area (Å²) in [5, 5.41) is 13.5. The number of hydrogen-bond acceptors (Lipinski definition) is 6. The Labute approximate surface area is 247 Å². The highest BCUT2D eigenvalue weighted by Crippen LogP contribution is 2.40. The van der Waals surface area contributed by atoms with E-state index in [1.807, 2.05) is 36.5 Å². The molecule has 0 aliphatic heterocycles. The highest BCUT2D eigenvalue weighted by molar-refractivity contribution is 14.1. The lowest BCUT2D eigenvalue weighted by molar-refractivity contribution is 0.0927. The largest absolute Gasteiger partial charge is 0.493 e. The molecule has 0 saturated heterocycles. The number of benzene rings is 2. The van der Waals surface area contributed by atoms with Gasteiger partial charge in [-0.3, -0.25) is 4.79 Å². The van der Waals surface area contributed by atoms with Gasteiger partial charge in [0.2, 0.25) is 0 Å². The van der Waals surface area contributed by atoms with Crippen molar-refractivity contribution in [2.24, 2.45) is 4.99 Å². The second-order valence-corrected chi connectivity index (χ2v) is 12.3. The Morgan fingerprint density at radius 3 is 2.77 bits per heavy atom. The van der Waals surface area contributed by atoms with E-state index in [9.17, 15) is 10.1 Å². The average molecular weight is 654 g/mol. The number of nitrogens with zero attached hydrogens (tertiary/aromatic N) is 2. The minimum atomic E-state index is 0.0296. The number of carbonyl (C=O) groups is 1. The van der Waals surface area contributed by atoms with Gasteiger partial charge in [0.25, 0.3) is 5.91 Å². The number of aliphatic imine (C=N–C) groups is 1. The quantitative estimate of drug-likeness (QED) is 0.202. The van der Waals surface area contributed by atoms with Crippen LogP contribution in [-0.4, -0.2) is 25.3 Å². The third-order valence-corrected chi connectivity index (χ3v) is 9.41. The van der Waals surface area contributed by atoms with Crippen LogP contribution in [-0.2, 0) is 19.4 Å². The maximum absolute atomic E-state index is 13.5. The van der Waals surface area contributed by atoms with E-state index >= 15 is 0 Å². The molecular formula is C31H32IN3O3S. The lowest BCUT2D eigenvalue weighted by atomic mass is 9.93. The van der Waals surface area contributed by atoms with Crippen molar-refractivity contribution in [2.75, 3.05) is 7.11 Å². The molecule has 1 fully saturated rings. The lowest BCUT2D eigenvalue weighted by Gasteiger charge is -2.23. The molecule has 2 aliphatic carbocycles. The summed E-state index contributed by atoms with van der Waals surface area (Å²) in [4.78, 5) is 19.6. The predicted molar refractivity (Wildman–Crippen MR) is 164 cm³/mol. The van der Waals surface area contributed by atoms with Gasteiger partial charge >= 0.3 is 0 Å². The molecule has 0 spiro atoms. The zero-order valence-electron chi connectivity index (χ0n) is 22.1. The first-order valence-corrected chi connectivity index (χ1v) is 15.4. The summed E-state index contributed by atoms with van der Waals surface area (Å²) in [5.41, 5.74) is 4.25. The summed E-state index contributed by atoms with van der Waals surface area (Å²) in [6.45, 7) is 0.268. The van der Waals surface area contributed by atoms with Crippen LogP contribution >= 0.6 is 33.9 Å². The lowest BCUT2D eigenvalue weighted by Crippen LogP contribution is -2.36. The first-order valence-electron chi connectivity index (χ1n) is 13.5. The first-order chi connectivity index (χ1) is 19.1. The fourth-order valence-electron chi connectivity index (χ4n) is 5.37. The van der Waals surface area contributed by atoms with Gasteiger partial charge in [0, 0.05) is 22.7 Å². The van der Waals surface area contributed by atoms with Crippen LogP contribution in [0.4, 0.5) is 5.00 Å². The highest BCUT2D eigenvalue weighted by Gasteiger charge is 2.27. The molecule has 0 bridgehead atoms. The van der Waals surface area contributed by atoms with Crippen LogP contribution in [0.2, 0.25) is 0 Å². The molecule has 1 aromatic heterocycles. The van der Waals surface area contributed by atoms with Crippen LogP contribution in [0.1, 0.15) is 82.4 Å². The Bertz CT molecular complexity index is 1420. The second-order valence-electron chi connectivity index (χ2n) is 10.0. The Morgan fingerprint density at radius 2 is 1.97 bits per heavy atom. The number of aryl methyl sites for hydroxylation is 1. The zero-order chi connectivity index (χ0) is 27.2. The molecule has 0 radical (unpaired) electrons. The minimum Gasteiger partial charge on any atom is -0.493 e. The Kier molecular flexibility index (Phi) is 9.20. The van der Waals surface area contributed by atoms with Crippen LogP contribution in [0.25, 0.3) is 0 Å². The molecule has 6 nitrogen and oxygen atoms in total. The van der Waals surface area contributed by atoms with Gasteiger partial charge in [-0.05, 0) is 90.4 Å². The number of thiophene rings is 1. The molecule has 0 atom stereocenters. The standard InChI is InChI=1S/C31H32IN3O3S/c1-37-26-16-20(15-25(32)29(26)38-19-22-10-6-5-9-21(22)17-33)18-34-31-28(24-13-7-8-14-27(24)39-31)30(36)35-23-11-3-2-4-12-23/h5-6,9-10,15-16,18,23H,2-4,7-8,11-14,19H2,1H3,(H,35,36). The van der Waals surface area contributed by atoms with Crippen molar-refractivity contribution in [1.29, 1.82) is 5.26 Å². The van der Waals surface area contributed by atoms with Crippen LogP contribution in [0.15, 0.2) is 41.4 Å². The molecular weight excluding hydrogens is 621 g/mol. The van der Waals surface area contributed by atoms with E-state index in [1.165, 1.54) is 29.7 Å². The number of rotatable bonds is 8. The molecule has 39 heavy (non-hydrogen) atoms. The van der Waals surface area contributed by atoms with Gasteiger partial charge in [-0.1, -0.05) is 37.5 Å². The van der Waals surface area contributed by atoms with Crippen LogP contribution in [0.3, 0.4) is 0 Å². The second kappa shape index (κ2) is 13.0. The molecule has 0 unspecified atom stereocenters. The van der Waals surface area contributed by atoms with Crippen LogP contribution < -0.4 is 14.8 Å². The van der Waals surface area contributed by atoms with Crippen molar-refractivity contribution in [3.8, 4) is 17.6 Å². The van der Waals surface area contributed by atoms with E-state index in [0.29, 0.717) is 17.1 Å². The first kappa shape index (κ1) is 27.7. The number of nitriles is 1. The molecule has 1 N–H and O–H groups in total. The molecule has 3 aromatic rings. The van der Waals surface area contributed by atoms with Crippen molar-refractivity contribution in [2.45, 2.75) is 70.4 Å². The van der Waals surface area contributed by atoms with Gasteiger partial charge in [0.15, 0.2) is 11.5 Å². The van der Waals surface area contributed by atoms with Crippen LogP contribution in [0, 0.1) is 14.9 Å². The number of halogens is 1. The van der Waals surface area contributed by atoms with Gasteiger partial charge < -0.3 is 14.8 Å². The normalized spacial score (nSPS) is 15.5. The van der Waals surface area contributed by atoms with Gasteiger partial charge in [-0.25, -0.2) is 4.99 Å². The highest BCUT2D eigenvalue weighted by atomic mass is 127.